The molecule has 0 saturated heterocycles. The maximum absolute atomic E-state index is 12.4. The largest absolute Gasteiger partial charge is 0.356 e. The van der Waals surface area contributed by atoms with Crippen LogP contribution < -0.4 is 5.32 Å². The molecule has 2 amide bonds. The fourth-order valence-electron chi connectivity index (χ4n) is 3.35. The van der Waals surface area contributed by atoms with Crippen LogP contribution in [0.3, 0.4) is 0 Å². The highest BCUT2D eigenvalue weighted by Crippen LogP contribution is 2.32. The number of nitrogens with zero attached hydrogens (tertiary/aromatic N) is 2. The predicted molar refractivity (Wildman–Crippen MR) is 98.5 cm³/mol. The molecule has 1 aliphatic rings. The number of thiazole rings is 1. The van der Waals surface area contributed by atoms with E-state index in [0.29, 0.717) is 19.5 Å². The maximum Gasteiger partial charge on any atom is 0.222 e. The molecule has 0 aliphatic carbocycles. The number of fused-ring (bicyclic) bond motifs is 1. The molecule has 0 radical (unpaired) electrons. The minimum atomic E-state index is -0.177. The van der Waals surface area contributed by atoms with E-state index in [9.17, 15) is 9.59 Å². The number of hydrogen-bond acceptors (Lipinski definition) is 4. The molecule has 3 rings (SSSR count). The minimum absolute atomic E-state index is 0.0188. The van der Waals surface area contributed by atoms with Crippen molar-refractivity contribution in [2.24, 2.45) is 0 Å². The van der Waals surface area contributed by atoms with Gasteiger partial charge in [0.15, 0.2) is 0 Å². The first-order chi connectivity index (χ1) is 12.0. The van der Waals surface area contributed by atoms with Crippen molar-refractivity contribution >= 4 is 23.2 Å². The summed E-state index contributed by atoms with van der Waals surface area (Å²) in [4.78, 5) is 30.6. The summed E-state index contributed by atoms with van der Waals surface area (Å²) >= 11 is 1.62. The van der Waals surface area contributed by atoms with E-state index in [0.717, 1.165) is 29.1 Å². The summed E-state index contributed by atoms with van der Waals surface area (Å²) in [5.41, 5.74) is 3.33. The van der Waals surface area contributed by atoms with E-state index in [1.807, 2.05) is 35.4 Å². The van der Waals surface area contributed by atoms with E-state index in [4.69, 9.17) is 0 Å². The van der Waals surface area contributed by atoms with Crippen LogP contribution in [-0.4, -0.2) is 34.8 Å². The molecular formula is C19H23N3O2S. The lowest BCUT2D eigenvalue weighted by Gasteiger charge is -2.36. The van der Waals surface area contributed by atoms with Crippen molar-refractivity contribution in [2.45, 2.75) is 39.2 Å². The average molecular weight is 357 g/mol. The Labute approximate surface area is 152 Å². The van der Waals surface area contributed by atoms with Crippen LogP contribution in [0.1, 0.15) is 41.2 Å². The monoisotopic (exact) mass is 357 g/mol. The van der Waals surface area contributed by atoms with Crippen LogP contribution in [0.5, 0.6) is 0 Å². The average Bonchev–Trinajstić information content (AvgIpc) is 3.00. The Morgan fingerprint density at radius 2 is 2.16 bits per heavy atom. The van der Waals surface area contributed by atoms with Gasteiger partial charge < -0.3 is 10.2 Å². The Morgan fingerprint density at radius 1 is 1.36 bits per heavy atom. The van der Waals surface area contributed by atoms with Gasteiger partial charge in [-0.15, -0.1) is 11.3 Å². The van der Waals surface area contributed by atoms with E-state index in [1.165, 1.54) is 5.56 Å². The third-order valence-electron chi connectivity index (χ3n) is 4.57. The second-order valence-electron chi connectivity index (χ2n) is 6.34. The van der Waals surface area contributed by atoms with Crippen LogP contribution >= 0.6 is 11.3 Å². The molecule has 2 heterocycles. The summed E-state index contributed by atoms with van der Waals surface area (Å²) in [5, 5.41) is 6.03. The van der Waals surface area contributed by atoms with Gasteiger partial charge in [-0.05, 0) is 24.5 Å². The first-order valence-electron chi connectivity index (χ1n) is 8.57. The first kappa shape index (κ1) is 17.6. The topological polar surface area (TPSA) is 62.3 Å². The number of carbonyl (C=O) groups excluding carboxylic acids is 2. The van der Waals surface area contributed by atoms with Gasteiger partial charge in [-0.25, -0.2) is 4.98 Å². The van der Waals surface area contributed by atoms with E-state index in [2.05, 4.69) is 16.4 Å². The van der Waals surface area contributed by atoms with Gasteiger partial charge in [-0.1, -0.05) is 24.3 Å². The number of benzene rings is 1. The van der Waals surface area contributed by atoms with Crippen molar-refractivity contribution in [1.29, 1.82) is 0 Å². The molecule has 132 valence electrons. The van der Waals surface area contributed by atoms with Crippen molar-refractivity contribution < 1.29 is 9.59 Å². The van der Waals surface area contributed by atoms with Gasteiger partial charge in [0, 0.05) is 31.8 Å². The molecule has 1 N–H and O–H groups in total. The van der Waals surface area contributed by atoms with Gasteiger partial charge in [-0.2, -0.15) is 0 Å². The van der Waals surface area contributed by atoms with E-state index in [1.54, 1.807) is 18.3 Å². The third kappa shape index (κ3) is 4.25. The van der Waals surface area contributed by atoms with Crippen LogP contribution in [0.4, 0.5) is 0 Å². The van der Waals surface area contributed by atoms with E-state index < -0.39 is 0 Å². The highest BCUT2D eigenvalue weighted by molar-refractivity contribution is 7.09. The van der Waals surface area contributed by atoms with Gasteiger partial charge in [0.25, 0.3) is 0 Å². The summed E-state index contributed by atoms with van der Waals surface area (Å²) in [7, 11) is 0. The SMILES string of the molecule is CC(=O)N1CCc2ccccc2[C@H]1CC(=O)NCCc1csc(C)n1. The lowest BCUT2D eigenvalue weighted by molar-refractivity contribution is -0.133. The van der Waals surface area contributed by atoms with Gasteiger partial charge in [0.2, 0.25) is 11.8 Å². The quantitative estimate of drug-likeness (QED) is 0.895. The standard InChI is InChI=1S/C19H23N3O2S/c1-13-21-16(12-25-13)7-9-20-19(24)11-18-17-6-4-3-5-15(17)8-10-22(18)14(2)23/h3-6,12,18H,7-11H2,1-2H3,(H,20,24)/t18-/m1/s1. The zero-order chi connectivity index (χ0) is 17.8. The molecule has 0 spiro atoms. The van der Waals surface area contributed by atoms with Crippen molar-refractivity contribution in [3.05, 3.63) is 51.5 Å². The molecule has 2 aromatic rings. The summed E-state index contributed by atoms with van der Waals surface area (Å²) in [5.74, 6) is -0.00911. The molecule has 1 aromatic carbocycles. The first-order valence-corrected chi connectivity index (χ1v) is 9.45. The van der Waals surface area contributed by atoms with Crippen LogP contribution in [-0.2, 0) is 22.4 Å². The van der Waals surface area contributed by atoms with Crippen molar-refractivity contribution in [3.63, 3.8) is 0 Å². The number of hydrogen-bond donors (Lipinski definition) is 1. The highest BCUT2D eigenvalue weighted by atomic mass is 32.1. The third-order valence-corrected chi connectivity index (χ3v) is 5.39. The predicted octanol–water partition coefficient (Wildman–Crippen LogP) is 2.65. The zero-order valence-electron chi connectivity index (χ0n) is 14.6. The molecule has 5 nitrogen and oxygen atoms in total. The van der Waals surface area contributed by atoms with Crippen LogP contribution in [0.25, 0.3) is 0 Å². The Balaban J connectivity index is 1.62. The molecule has 0 saturated carbocycles. The number of carbonyl (C=O) groups is 2. The van der Waals surface area contributed by atoms with Crippen LogP contribution in [0, 0.1) is 6.92 Å². The molecular weight excluding hydrogens is 334 g/mol. The summed E-state index contributed by atoms with van der Waals surface area (Å²) < 4.78 is 0. The van der Waals surface area contributed by atoms with Crippen LogP contribution in [0.15, 0.2) is 29.6 Å². The molecule has 25 heavy (non-hydrogen) atoms. The van der Waals surface area contributed by atoms with Gasteiger partial charge in [0.05, 0.1) is 23.2 Å². The molecule has 1 aliphatic heterocycles. The molecule has 0 fully saturated rings. The summed E-state index contributed by atoms with van der Waals surface area (Å²) in [6.07, 6.45) is 1.87. The Bertz CT molecular complexity index is 772. The highest BCUT2D eigenvalue weighted by Gasteiger charge is 2.30. The summed E-state index contributed by atoms with van der Waals surface area (Å²) in [6.45, 7) is 4.78. The van der Waals surface area contributed by atoms with Gasteiger partial charge in [0.1, 0.15) is 0 Å². The van der Waals surface area contributed by atoms with E-state index >= 15 is 0 Å². The van der Waals surface area contributed by atoms with Gasteiger partial charge >= 0.3 is 0 Å². The second-order valence-corrected chi connectivity index (χ2v) is 7.40. The van der Waals surface area contributed by atoms with Crippen molar-refractivity contribution in [1.82, 2.24) is 15.2 Å². The molecule has 0 unspecified atom stereocenters. The molecule has 1 atom stereocenters. The number of aryl methyl sites for hydroxylation is 1. The Kier molecular flexibility index (Phi) is 5.48. The number of aromatic nitrogens is 1. The van der Waals surface area contributed by atoms with Crippen molar-refractivity contribution in [2.75, 3.05) is 13.1 Å². The van der Waals surface area contributed by atoms with E-state index in [-0.39, 0.29) is 17.9 Å². The molecule has 0 bridgehead atoms. The number of nitrogens with one attached hydrogen (secondary N) is 1. The molecule has 1 aromatic heterocycles. The Hall–Kier alpha value is -2.21. The maximum atomic E-state index is 12.4. The fourth-order valence-corrected chi connectivity index (χ4v) is 4.00. The zero-order valence-corrected chi connectivity index (χ0v) is 15.4. The lowest BCUT2D eigenvalue weighted by Crippen LogP contribution is -2.41. The fraction of sp³-hybridized carbons (Fsp3) is 0.421. The molecule has 6 heteroatoms. The number of rotatable bonds is 5. The van der Waals surface area contributed by atoms with Gasteiger partial charge in [-0.3, -0.25) is 9.59 Å². The Morgan fingerprint density at radius 3 is 2.88 bits per heavy atom. The normalized spacial score (nSPS) is 16.4. The lowest BCUT2D eigenvalue weighted by atomic mass is 9.90. The smallest absolute Gasteiger partial charge is 0.222 e. The second kappa shape index (κ2) is 7.78. The summed E-state index contributed by atoms with van der Waals surface area (Å²) in [6, 6.07) is 7.92. The number of amides is 2. The van der Waals surface area contributed by atoms with Crippen LogP contribution in [0.2, 0.25) is 0 Å². The minimum Gasteiger partial charge on any atom is -0.356 e. The van der Waals surface area contributed by atoms with Crippen molar-refractivity contribution in [3.8, 4) is 0 Å².